The van der Waals surface area contributed by atoms with Crippen LogP contribution < -0.4 is 5.32 Å². The molecule has 0 aliphatic rings. The molecule has 1 N–H and O–H groups in total. The summed E-state index contributed by atoms with van der Waals surface area (Å²) in [5.74, 6) is 0. The topological polar surface area (TPSA) is 24.9 Å². The van der Waals surface area contributed by atoms with Crippen LogP contribution in [0, 0.1) is 0 Å². The van der Waals surface area contributed by atoms with E-state index in [-0.39, 0.29) is 5.38 Å². The first kappa shape index (κ1) is 14.0. The number of rotatable bonds is 6. The number of nitrogens with zero attached hydrogens (tertiary/aromatic N) is 1. The molecule has 0 fully saturated rings. The third-order valence-corrected chi connectivity index (χ3v) is 3.10. The fraction of sp³-hybridized carbons (Fsp3) is 0.312. The average Bonchev–Trinajstić information content (AvgIpc) is 2.41. The van der Waals surface area contributed by atoms with Gasteiger partial charge in [-0.1, -0.05) is 36.4 Å². The van der Waals surface area contributed by atoms with E-state index in [1.54, 1.807) is 0 Å². The molecular formula is C16H19ClN2. The predicted molar refractivity (Wildman–Crippen MR) is 80.2 cm³/mol. The van der Waals surface area contributed by atoms with Crippen molar-refractivity contribution in [2.45, 2.75) is 31.8 Å². The second kappa shape index (κ2) is 7.27. The summed E-state index contributed by atoms with van der Waals surface area (Å²) in [6, 6.07) is 14.5. The lowest BCUT2D eigenvalue weighted by Gasteiger charge is -2.10. The number of aromatic nitrogens is 1. The van der Waals surface area contributed by atoms with Crippen LogP contribution >= 0.6 is 11.6 Å². The summed E-state index contributed by atoms with van der Waals surface area (Å²) in [6.45, 7) is 3.69. The van der Waals surface area contributed by atoms with E-state index in [9.17, 15) is 0 Å². The molecule has 1 aromatic heterocycles. The highest BCUT2D eigenvalue weighted by molar-refractivity contribution is 6.20. The number of hydrogen-bond donors (Lipinski definition) is 1. The Morgan fingerprint density at radius 2 is 1.89 bits per heavy atom. The lowest BCUT2D eigenvalue weighted by Crippen LogP contribution is -2.15. The summed E-state index contributed by atoms with van der Waals surface area (Å²) < 4.78 is 0. The third kappa shape index (κ3) is 4.66. The van der Waals surface area contributed by atoms with E-state index >= 15 is 0 Å². The van der Waals surface area contributed by atoms with Crippen LogP contribution in [0.4, 0.5) is 0 Å². The summed E-state index contributed by atoms with van der Waals surface area (Å²) >= 11 is 6.05. The summed E-state index contributed by atoms with van der Waals surface area (Å²) in [4.78, 5) is 4.42. The van der Waals surface area contributed by atoms with E-state index in [1.165, 1.54) is 11.1 Å². The molecule has 0 spiro atoms. The van der Waals surface area contributed by atoms with Crippen molar-refractivity contribution in [3.8, 4) is 0 Å². The first-order chi connectivity index (χ1) is 9.25. The molecule has 0 saturated carbocycles. The van der Waals surface area contributed by atoms with Gasteiger partial charge in [0.2, 0.25) is 0 Å². The minimum Gasteiger partial charge on any atom is -0.309 e. The normalized spacial score (nSPS) is 12.3. The molecule has 0 radical (unpaired) electrons. The van der Waals surface area contributed by atoms with Crippen molar-refractivity contribution in [2.75, 3.05) is 0 Å². The average molecular weight is 275 g/mol. The zero-order chi connectivity index (χ0) is 13.5. The van der Waals surface area contributed by atoms with Crippen LogP contribution in [0.3, 0.4) is 0 Å². The van der Waals surface area contributed by atoms with Gasteiger partial charge in [-0.25, -0.2) is 0 Å². The molecule has 1 atom stereocenters. The number of halogens is 1. The zero-order valence-electron chi connectivity index (χ0n) is 11.1. The summed E-state index contributed by atoms with van der Waals surface area (Å²) in [6.07, 6.45) is 2.64. The van der Waals surface area contributed by atoms with E-state index in [0.717, 1.165) is 25.2 Å². The predicted octanol–water partition coefficient (Wildman–Crippen LogP) is 3.54. The largest absolute Gasteiger partial charge is 0.309 e. The van der Waals surface area contributed by atoms with Gasteiger partial charge in [0.25, 0.3) is 0 Å². The van der Waals surface area contributed by atoms with Crippen LogP contribution in [-0.2, 0) is 19.5 Å². The third-order valence-electron chi connectivity index (χ3n) is 2.95. The van der Waals surface area contributed by atoms with E-state index in [1.807, 2.05) is 25.3 Å². The Kier molecular flexibility index (Phi) is 5.37. The Bertz CT molecular complexity index is 497. The number of alkyl halides is 1. The van der Waals surface area contributed by atoms with Gasteiger partial charge in [-0.3, -0.25) is 4.98 Å². The van der Waals surface area contributed by atoms with Crippen LogP contribution in [0.5, 0.6) is 0 Å². The standard InChI is InChI=1S/C16H19ClN2/c1-13(17)10-16-15(8-5-9-19-16)12-18-11-14-6-3-2-4-7-14/h2-9,13,18H,10-12H2,1H3. The van der Waals surface area contributed by atoms with E-state index in [0.29, 0.717) is 0 Å². The van der Waals surface area contributed by atoms with E-state index in [4.69, 9.17) is 11.6 Å². The van der Waals surface area contributed by atoms with Crippen LogP contribution in [0.25, 0.3) is 0 Å². The molecule has 2 aromatic rings. The SMILES string of the molecule is CC(Cl)Cc1ncccc1CNCc1ccccc1. The molecule has 1 unspecified atom stereocenters. The Morgan fingerprint density at radius 1 is 1.11 bits per heavy atom. The zero-order valence-corrected chi connectivity index (χ0v) is 11.9. The van der Waals surface area contributed by atoms with E-state index < -0.39 is 0 Å². The maximum atomic E-state index is 6.05. The van der Waals surface area contributed by atoms with Crippen molar-refractivity contribution >= 4 is 11.6 Å². The van der Waals surface area contributed by atoms with Crippen LogP contribution in [0.1, 0.15) is 23.7 Å². The van der Waals surface area contributed by atoms with E-state index in [2.05, 4.69) is 40.6 Å². The smallest absolute Gasteiger partial charge is 0.0463 e. The maximum absolute atomic E-state index is 6.05. The molecule has 19 heavy (non-hydrogen) atoms. The Hall–Kier alpha value is -1.38. The number of nitrogens with one attached hydrogen (secondary N) is 1. The second-order valence-electron chi connectivity index (χ2n) is 4.68. The van der Waals surface area contributed by atoms with Gasteiger partial charge < -0.3 is 5.32 Å². The Labute approximate surface area is 119 Å². The molecule has 0 aliphatic heterocycles. The van der Waals surface area contributed by atoms with Crippen molar-refractivity contribution < 1.29 is 0 Å². The maximum Gasteiger partial charge on any atom is 0.0463 e. The van der Waals surface area contributed by atoms with Gasteiger partial charge >= 0.3 is 0 Å². The molecular weight excluding hydrogens is 256 g/mol. The van der Waals surface area contributed by atoms with Crippen LogP contribution in [0.2, 0.25) is 0 Å². The molecule has 1 aromatic carbocycles. The summed E-state index contributed by atoms with van der Waals surface area (Å²) in [5, 5.41) is 3.56. The highest BCUT2D eigenvalue weighted by Crippen LogP contribution is 2.11. The molecule has 2 rings (SSSR count). The first-order valence-corrected chi connectivity index (χ1v) is 7.01. The number of pyridine rings is 1. The minimum atomic E-state index is 0.114. The second-order valence-corrected chi connectivity index (χ2v) is 5.43. The quantitative estimate of drug-likeness (QED) is 0.815. The van der Waals surface area contributed by atoms with Gasteiger partial charge in [-0.2, -0.15) is 0 Å². The first-order valence-electron chi connectivity index (χ1n) is 6.57. The van der Waals surface area contributed by atoms with Crippen LogP contribution in [-0.4, -0.2) is 10.4 Å². The van der Waals surface area contributed by atoms with Crippen molar-refractivity contribution in [1.29, 1.82) is 0 Å². The fourth-order valence-electron chi connectivity index (χ4n) is 2.02. The number of benzene rings is 1. The molecule has 100 valence electrons. The molecule has 0 saturated heterocycles. The Morgan fingerprint density at radius 3 is 2.63 bits per heavy atom. The minimum absolute atomic E-state index is 0.114. The van der Waals surface area contributed by atoms with Crippen molar-refractivity contribution in [2.24, 2.45) is 0 Å². The summed E-state index contributed by atoms with van der Waals surface area (Å²) in [7, 11) is 0. The molecule has 3 heteroatoms. The fourth-order valence-corrected chi connectivity index (χ4v) is 2.17. The molecule has 1 heterocycles. The number of hydrogen-bond acceptors (Lipinski definition) is 2. The summed E-state index contributed by atoms with van der Waals surface area (Å²) in [5.41, 5.74) is 3.61. The molecule has 0 bridgehead atoms. The molecule has 0 amide bonds. The lowest BCUT2D eigenvalue weighted by atomic mass is 10.1. The van der Waals surface area contributed by atoms with Gasteiger partial charge in [-0.05, 0) is 24.1 Å². The molecule has 0 aliphatic carbocycles. The van der Waals surface area contributed by atoms with Crippen molar-refractivity contribution in [1.82, 2.24) is 10.3 Å². The monoisotopic (exact) mass is 274 g/mol. The van der Waals surface area contributed by atoms with Gasteiger partial charge in [-0.15, -0.1) is 11.6 Å². The Balaban J connectivity index is 1.92. The van der Waals surface area contributed by atoms with Crippen LogP contribution in [0.15, 0.2) is 48.7 Å². The van der Waals surface area contributed by atoms with Gasteiger partial charge in [0.05, 0.1) is 0 Å². The lowest BCUT2D eigenvalue weighted by molar-refractivity contribution is 0.681. The van der Waals surface area contributed by atoms with Gasteiger partial charge in [0, 0.05) is 36.8 Å². The highest BCUT2D eigenvalue weighted by Gasteiger charge is 2.06. The van der Waals surface area contributed by atoms with Crippen molar-refractivity contribution in [3.63, 3.8) is 0 Å². The van der Waals surface area contributed by atoms with Gasteiger partial charge in [0.1, 0.15) is 0 Å². The molecule has 2 nitrogen and oxygen atoms in total. The van der Waals surface area contributed by atoms with Crippen molar-refractivity contribution in [3.05, 3.63) is 65.5 Å². The van der Waals surface area contributed by atoms with Gasteiger partial charge in [0.15, 0.2) is 0 Å². The highest BCUT2D eigenvalue weighted by atomic mass is 35.5.